The van der Waals surface area contributed by atoms with Crippen molar-refractivity contribution in [1.82, 2.24) is 4.98 Å². The molecule has 124 valence electrons. The molecule has 2 aromatic rings. The molecule has 0 spiro atoms. The Bertz CT molecular complexity index is 808. The minimum absolute atomic E-state index is 0.306. The summed E-state index contributed by atoms with van der Waals surface area (Å²) in [6.45, 7) is 4.36. The third-order valence-corrected chi connectivity index (χ3v) is 6.56. The zero-order chi connectivity index (χ0) is 16.7. The van der Waals surface area contributed by atoms with Crippen molar-refractivity contribution in [2.75, 3.05) is 5.32 Å². The number of hydrogen-bond acceptors (Lipinski definition) is 4. The number of nitrogens with one attached hydrogen (secondary N) is 1. The van der Waals surface area contributed by atoms with E-state index < -0.39 is 0 Å². The van der Waals surface area contributed by atoms with Crippen LogP contribution in [0.4, 0.5) is 5.82 Å². The van der Waals surface area contributed by atoms with Crippen LogP contribution in [0.2, 0.25) is 0 Å². The van der Waals surface area contributed by atoms with Gasteiger partial charge in [-0.2, -0.15) is 0 Å². The molecule has 2 unspecified atom stereocenters. The summed E-state index contributed by atoms with van der Waals surface area (Å²) in [7, 11) is 0. The first-order valence-corrected chi connectivity index (χ1v) is 9.62. The summed E-state index contributed by atoms with van der Waals surface area (Å²) in [5.41, 5.74) is 4.83. The van der Waals surface area contributed by atoms with E-state index >= 15 is 0 Å². The summed E-state index contributed by atoms with van der Waals surface area (Å²) in [6, 6.07) is 10.5. The van der Waals surface area contributed by atoms with Gasteiger partial charge in [-0.1, -0.05) is 50.6 Å². The molecule has 1 N–H and O–H groups in total. The molecule has 0 amide bonds. The number of Topliss-reactive ketones (excluding diaryl/α,β-unsaturated/α-hetero) is 1. The van der Waals surface area contributed by atoms with E-state index in [-0.39, 0.29) is 5.41 Å². The van der Waals surface area contributed by atoms with Gasteiger partial charge in [0, 0.05) is 17.7 Å². The highest BCUT2D eigenvalue weighted by Gasteiger charge is 2.48. The lowest BCUT2D eigenvalue weighted by Crippen LogP contribution is -2.41. The summed E-state index contributed by atoms with van der Waals surface area (Å²) in [5.74, 6) is 1.68. The van der Waals surface area contributed by atoms with E-state index in [2.05, 4.69) is 48.4 Å². The number of benzene rings is 1. The molecular formula is C20H22N2OS. The first-order chi connectivity index (χ1) is 11.7. The van der Waals surface area contributed by atoms with Gasteiger partial charge < -0.3 is 5.32 Å². The lowest BCUT2D eigenvalue weighted by atomic mass is 9.64. The number of nitrogens with zero attached hydrogens (tertiary/aromatic N) is 1. The van der Waals surface area contributed by atoms with E-state index in [0.29, 0.717) is 18.1 Å². The van der Waals surface area contributed by atoms with Crippen LogP contribution in [0, 0.1) is 5.92 Å². The van der Waals surface area contributed by atoms with Crippen molar-refractivity contribution in [3.8, 4) is 0 Å². The molecule has 0 radical (unpaired) electrons. The van der Waals surface area contributed by atoms with Crippen molar-refractivity contribution in [1.29, 1.82) is 0 Å². The molecule has 4 heteroatoms. The van der Waals surface area contributed by atoms with Crippen LogP contribution in [-0.2, 0) is 10.2 Å². The molecule has 1 aromatic carbocycles. The number of hydrogen-bond donors (Lipinski definition) is 1. The molecule has 1 aromatic heterocycles. The maximum atomic E-state index is 13.2. The Balaban J connectivity index is 1.99. The quantitative estimate of drug-likeness (QED) is 0.865. The minimum Gasteiger partial charge on any atom is -0.342 e. The Morgan fingerprint density at radius 1 is 1.25 bits per heavy atom. The number of rotatable bonds is 3. The van der Waals surface area contributed by atoms with Crippen molar-refractivity contribution in [2.45, 2.75) is 44.9 Å². The van der Waals surface area contributed by atoms with Crippen LogP contribution in [0.25, 0.3) is 0 Å². The maximum absolute atomic E-state index is 13.2. The van der Waals surface area contributed by atoms with Gasteiger partial charge in [-0.15, -0.1) is 11.3 Å². The average molecular weight is 338 g/mol. The molecule has 1 aliphatic carbocycles. The van der Waals surface area contributed by atoms with Gasteiger partial charge >= 0.3 is 0 Å². The van der Waals surface area contributed by atoms with Crippen molar-refractivity contribution in [3.63, 3.8) is 0 Å². The standard InChI is InChI=1S/C20H22N2OS/c1-3-13-10-15-17(16(23)11-13)20(4-2,14-8-6-5-7-9-14)18-19(22-15)21-12-24-18/h5-9,12-13,22H,3-4,10-11H2,1-2H3. The normalized spacial score (nSPS) is 25.9. The van der Waals surface area contributed by atoms with Gasteiger partial charge in [0.05, 0.1) is 15.8 Å². The van der Waals surface area contributed by atoms with Gasteiger partial charge in [-0.3, -0.25) is 4.79 Å². The number of ketones is 1. The predicted octanol–water partition coefficient (Wildman–Crippen LogP) is 4.91. The summed E-state index contributed by atoms with van der Waals surface area (Å²) in [6.07, 6.45) is 3.52. The van der Waals surface area contributed by atoms with Gasteiger partial charge in [-0.25, -0.2) is 4.98 Å². The second-order valence-electron chi connectivity index (χ2n) is 6.74. The van der Waals surface area contributed by atoms with Crippen molar-refractivity contribution >= 4 is 22.9 Å². The van der Waals surface area contributed by atoms with Crippen LogP contribution >= 0.6 is 11.3 Å². The lowest BCUT2D eigenvalue weighted by molar-refractivity contribution is -0.117. The number of thiazole rings is 1. The van der Waals surface area contributed by atoms with Crippen molar-refractivity contribution < 1.29 is 4.79 Å². The molecule has 0 saturated carbocycles. The number of carbonyl (C=O) groups is 1. The second-order valence-corrected chi connectivity index (χ2v) is 7.59. The summed E-state index contributed by atoms with van der Waals surface area (Å²) in [5, 5.41) is 3.49. The Hall–Kier alpha value is -1.94. The highest BCUT2D eigenvalue weighted by molar-refractivity contribution is 7.10. The topological polar surface area (TPSA) is 42.0 Å². The molecule has 4 rings (SSSR count). The highest BCUT2D eigenvalue weighted by Crippen LogP contribution is 2.53. The second kappa shape index (κ2) is 5.85. The predicted molar refractivity (Wildman–Crippen MR) is 98.3 cm³/mol. The minimum atomic E-state index is -0.353. The Labute approximate surface area is 146 Å². The smallest absolute Gasteiger partial charge is 0.162 e. The number of allylic oxidation sites excluding steroid dienone is 2. The molecule has 0 bridgehead atoms. The zero-order valence-corrected chi connectivity index (χ0v) is 15.0. The third-order valence-electron chi connectivity index (χ3n) is 5.57. The SMILES string of the molecule is CCC1CC(=O)C2=C(C1)Nc1ncsc1C2(CC)c1ccccc1. The monoisotopic (exact) mass is 338 g/mol. The van der Waals surface area contributed by atoms with E-state index in [9.17, 15) is 4.79 Å². The van der Waals surface area contributed by atoms with Crippen LogP contribution in [0.5, 0.6) is 0 Å². The molecule has 2 heterocycles. The number of anilines is 1. The fraction of sp³-hybridized carbons (Fsp3) is 0.400. The number of carbonyl (C=O) groups excluding carboxylic acids is 1. The fourth-order valence-electron chi connectivity index (χ4n) is 4.33. The highest BCUT2D eigenvalue weighted by atomic mass is 32.1. The number of aromatic nitrogens is 1. The van der Waals surface area contributed by atoms with Crippen LogP contribution in [0.1, 0.15) is 50.0 Å². The molecular weight excluding hydrogens is 316 g/mol. The lowest BCUT2D eigenvalue weighted by Gasteiger charge is -2.42. The molecule has 24 heavy (non-hydrogen) atoms. The van der Waals surface area contributed by atoms with Crippen LogP contribution in [0.15, 0.2) is 47.1 Å². The molecule has 0 saturated heterocycles. The molecule has 2 atom stereocenters. The van der Waals surface area contributed by atoms with Crippen LogP contribution < -0.4 is 5.32 Å². The zero-order valence-electron chi connectivity index (χ0n) is 14.1. The van der Waals surface area contributed by atoms with Crippen LogP contribution in [0.3, 0.4) is 0 Å². The van der Waals surface area contributed by atoms with Gasteiger partial charge in [0.25, 0.3) is 0 Å². The van der Waals surface area contributed by atoms with Crippen molar-refractivity contribution in [3.05, 3.63) is 57.6 Å². The number of fused-ring (bicyclic) bond motifs is 1. The van der Waals surface area contributed by atoms with E-state index in [4.69, 9.17) is 0 Å². The Morgan fingerprint density at radius 2 is 2.04 bits per heavy atom. The first kappa shape index (κ1) is 15.6. The van der Waals surface area contributed by atoms with Gasteiger partial charge in [0.1, 0.15) is 5.82 Å². The Kier molecular flexibility index (Phi) is 3.80. The summed E-state index contributed by atoms with van der Waals surface area (Å²) in [4.78, 5) is 18.9. The van der Waals surface area contributed by atoms with E-state index in [0.717, 1.165) is 36.4 Å². The molecule has 2 aliphatic rings. The van der Waals surface area contributed by atoms with Gasteiger partial charge in [0.15, 0.2) is 5.78 Å². The van der Waals surface area contributed by atoms with Crippen molar-refractivity contribution in [2.24, 2.45) is 5.92 Å². The molecule has 0 fully saturated rings. The fourth-order valence-corrected chi connectivity index (χ4v) is 5.37. The maximum Gasteiger partial charge on any atom is 0.162 e. The van der Waals surface area contributed by atoms with Gasteiger partial charge in [0.2, 0.25) is 0 Å². The van der Waals surface area contributed by atoms with E-state index in [1.807, 2.05) is 11.6 Å². The first-order valence-electron chi connectivity index (χ1n) is 8.74. The molecule has 3 nitrogen and oxygen atoms in total. The largest absolute Gasteiger partial charge is 0.342 e. The third kappa shape index (κ3) is 2.09. The summed E-state index contributed by atoms with van der Waals surface area (Å²) >= 11 is 1.66. The van der Waals surface area contributed by atoms with Gasteiger partial charge in [-0.05, 0) is 24.3 Å². The van der Waals surface area contributed by atoms with E-state index in [1.54, 1.807) is 11.3 Å². The average Bonchev–Trinajstić information content (AvgIpc) is 3.09. The summed E-state index contributed by atoms with van der Waals surface area (Å²) < 4.78 is 0. The molecule has 1 aliphatic heterocycles. The van der Waals surface area contributed by atoms with E-state index in [1.165, 1.54) is 10.4 Å². The van der Waals surface area contributed by atoms with Crippen LogP contribution in [-0.4, -0.2) is 10.8 Å². The Morgan fingerprint density at radius 3 is 2.75 bits per heavy atom.